The Morgan fingerprint density at radius 2 is 2.00 bits per heavy atom. The fraction of sp³-hybridized carbons (Fsp3) is 0.529. The van der Waals surface area contributed by atoms with Crippen molar-refractivity contribution in [3.63, 3.8) is 0 Å². The predicted molar refractivity (Wildman–Crippen MR) is 86.4 cm³/mol. The van der Waals surface area contributed by atoms with Gasteiger partial charge in [0.15, 0.2) is 0 Å². The molecule has 0 amide bonds. The van der Waals surface area contributed by atoms with Crippen LogP contribution >= 0.6 is 0 Å². The Balaban J connectivity index is 2.31. The molecule has 4 heteroatoms. The fourth-order valence-corrected chi connectivity index (χ4v) is 2.72. The van der Waals surface area contributed by atoms with Crippen molar-refractivity contribution >= 4 is 0 Å². The van der Waals surface area contributed by atoms with E-state index in [0.29, 0.717) is 6.04 Å². The predicted octanol–water partition coefficient (Wildman–Crippen LogP) is 3.37. The third-order valence-corrected chi connectivity index (χ3v) is 4.00. The molecule has 0 aliphatic heterocycles. The molecule has 0 bridgehead atoms. The van der Waals surface area contributed by atoms with Gasteiger partial charge in [0.05, 0.1) is 0 Å². The van der Waals surface area contributed by atoms with Crippen LogP contribution in [0, 0.1) is 13.8 Å². The molecule has 1 aromatic heterocycles. The molecule has 4 nitrogen and oxygen atoms in total. The number of rotatable bonds is 6. The first-order valence-corrected chi connectivity index (χ1v) is 7.72. The maximum absolute atomic E-state index is 4.45. The van der Waals surface area contributed by atoms with E-state index in [1.54, 1.807) is 6.33 Å². The molecule has 2 rings (SSSR count). The van der Waals surface area contributed by atoms with Gasteiger partial charge in [-0.25, -0.2) is 9.67 Å². The van der Waals surface area contributed by atoms with Gasteiger partial charge in [0, 0.05) is 18.5 Å². The van der Waals surface area contributed by atoms with Gasteiger partial charge < -0.3 is 5.32 Å². The maximum Gasteiger partial charge on any atom is 0.138 e. The molecule has 1 N–H and O–H groups in total. The molecule has 1 unspecified atom stereocenters. The minimum Gasteiger partial charge on any atom is -0.310 e. The largest absolute Gasteiger partial charge is 0.310 e. The summed E-state index contributed by atoms with van der Waals surface area (Å²) in [5.74, 6) is 1.04. The van der Waals surface area contributed by atoms with Crippen LogP contribution in [0.2, 0.25) is 0 Å². The van der Waals surface area contributed by atoms with Gasteiger partial charge in [0.1, 0.15) is 12.2 Å². The van der Waals surface area contributed by atoms with E-state index in [-0.39, 0.29) is 6.04 Å². The average Bonchev–Trinajstić information content (AvgIpc) is 2.90. The van der Waals surface area contributed by atoms with Crippen molar-refractivity contribution in [2.45, 2.75) is 53.1 Å². The van der Waals surface area contributed by atoms with E-state index < -0.39 is 0 Å². The average molecular weight is 286 g/mol. The summed E-state index contributed by atoms with van der Waals surface area (Å²) in [7, 11) is 0. The fourth-order valence-electron chi connectivity index (χ4n) is 2.72. The van der Waals surface area contributed by atoms with Gasteiger partial charge in [-0.15, -0.1) is 0 Å². The zero-order valence-electron chi connectivity index (χ0n) is 13.7. The van der Waals surface area contributed by atoms with Crippen molar-refractivity contribution < 1.29 is 0 Å². The van der Waals surface area contributed by atoms with Crippen LogP contribution in [0.15, 0.2) is 24.5 Å². The Morgan fingerprint density at radius 1 is 1.24 bits per heavy atom. The summed E-state index contributed by atoms with van der Waals surface area (Å²) in [5, 5.41) is 7.93. The molecule has 0 aliphatic carbocycles. The minimum absolute atomic E-state index is 0.275. The topological polar surface area (TPSA) is 42.7 Å². The Morgan fingerprint density at radius 3 is 2.67 bits per heavy atom. The lowest BCUT2D eigenvalue weighted by molar-refractivity contribution is 0.468. The monoisotopic (exact) mass is 286 g/mol. The van der Waals surface area contributed by atoms with Crippen LogP contribution in [-0.4, -0.2) is 21.3 Å². The van der Waals surface area contributed by atoms with Crippen LogP contribution in [0.25, 0.3) is 0 Å². The van der Waals surface area contributed by atoms with Crippen molar-refractivity contribution in [2.75, 3.05) is 6.54 Å². The van der Waals surface area contributed by atoms with Gasteiger partial charge in [0.2, 0.25) is 0 Å². The van der Waals surface area contributed by atoms with Gasteiger partial charge in [0.25, 0.3) is 0 Å². The van der Waals surface area contributed by atoms with Crippen LogP contribution < -0.4 is 5.32 Å². The number of aryl methyl sites for hydroxylation is 1. The van der Waals surface area contributed by atoms with E-state index in [1.165, 1.54) is 16.7 Å². The summed E-state index contributed by atoms with van der Waals surface area (Å²) in [6.07, 6.45) is 2.51. The lowest BCUT2D eigenvalue weighted by atomic mass is 9.95. The van der Waals surface area contributed by atoms with E-state index in [2.05, 4.69) is 68.2 Å². The lowest BCUT2D eigenvalue weighted by Crippen LogP contribution is -2.25. The smallest absolute Gasteiger partial charge is 0.138 e. The molecule has 1 aromatic carbocycles. The van der Waals surface area contributed by atoms with Crippen molar-refractivity contribution in [1.29, 1.82) is 0 Å². The number of aromatic nitrogens is 3. The number of nitrogens with zero attached hydrogens (tertiary/aromatic N) is 3. The standard InChI is InChI=1S/C17H26N4/c1-6-18-16(15-9-7-8-13(4)14(15)5)10-17-19-11-20-21(17)12(2)3/h7-9,11-12,16,18H,6,10H2,1-5H3. The highest BCUT2D eigenvalue weighted by molar-refractivity contribution is 5.35. The Bertz CT molecular complexity index is 586. The van der Waals surface area contributed by atoms with Crippen LogP contribution in [-0.2, 0) is 6.42 Å². The molecule has 21 heavy (non-hydrogen) atoms. The van der Waals surface area contributed by atoms with Gasteiger partial charge in [-0.2, -0.15) is 5.10 Å². The van der Waals surface area contributed by atoms with Crippen molar-refractivity contribution in [3.05, 3.63) is 47.0 Å². The first kappa shape index (κ1) is 15.7. The summed E-state index contributed by atoms with van der Waals surface area (Å²) in [4.78, 5) is 4.45. The van der Waals surface area contributed by atoms with E-state index >= 15 is 0 Å². The minimum atomic E-state index is 0.275. The molecule has 0 radical (unpaired) electrons. The Labute approximate surface area is 127 Å². The summed E-state index contributed by atoms with van der Waals surface area (Å²) in [6.45, 7) is 11.7. The zero-order chi connectivity index (χ0) is 15.4. The van der Waals surface area contributed by atoms with E-state index in [1.807, 2.05) is 4.68 Å². The second kappa shape index (κ2) is 6.85. The number of benzene rings is 1. The molecule has 114 valence electrons. The number of likely N-dealkylation sites (N-methyl/N-ethyl adjacent to an activating group) is 1. The normalized spacial score (nSPS) is 12.9. The molecule has 0 fully saturated rings. The van der Waals surface area contributed by atoms with E-state index in [4.69, 9.17) is 0 Å². The highest BCUT2D eigenvalue weighted by Gasteiger charge is 2.18. The van der Waals surface area contributed by atoms with Crippen molar-refractivity contribution in [3.8, 4) is 0 Å². The highest BCUT2D eigenvalue weighted by atomic mass is 15.3. The van der Waals surface area contributed by atoms with E-state index in [9.17, 15) is 0 Å². The van der Waals surface area contributed by atoms with Gasteiger partial charge >= 0.3 is 0 Å². The van der Waals surface area contributed by atoms with Crippen LogP contribution in [0.3, 0.4) is 0 Å². The molecule has 1 atom stereocenters. The first-order valence-electron chi connectivity index (χ1n) is 7.72. The highest BCUT2D eigenvalue weighted by Crippen LogP contribution is 2.24. The quantitative estimate of drug-likeness (QED) is 0.885. The number of hydrogen-bond acceptors (Lipinski definition) is 3. The van der Waals surface area contributed by atoms with Crippen molar-refractivity contribution in [2.24, 2.45) is 0 Å². The molecule has 2 aromatic rings. The van der Waals surface area contributed by atoms with Crippen molar-refractivity contribution in [1.82, 2.24) is 20.1 Å². The van der Waals surface area contributed by atoms with E-state index in [0.717, 1.165) is 18.8 Å². The molecule has 0 aliphatic rings. The second-order valence-electron chi connectivity index (χ2n) is 5.82. The van der Waals surface area contributed by atoms with Gasteiger partial charge in [-0.3, -0.25) is 0 Å². The summed E-state index contributed by atoms with van der Waals surface area (Å²) in [5.41, 5.74) is 4.05. The lowest BCUT2D eigenvalue weighted by Gasteiger charge is -2.22. The molecule has 0 spiro atoms. The number of hydrogen-bond donors (Lipinski definition) is 1. The Hall–Kier alpha value is -1.68. The molecular formula is C17H26N4. The van der Waals surface area contributed by atoms with Crippen LogP contribution in [0.4, 0.5) is 0 Å². The second-order valence-corrected chi connectivity index (χ2v) is 5.82. The molecule has 0 saturated heterocycles. The maximum atomic E-state index is 4.45. The first-order chi connectivity index (χ1) is 10.0. The number of nitrogens with one attached hydrogen (secondary N) is 1. The molecule has 1 heterocycles. The van der Waals surface area contributed by atoms with Gasteiger partial charge in [-0.1, -0.05) is 25.1 Å². The third kappa shape index (κ3) is 3.50. The van der Waals surface area contributed by atoms with Crippen LogP contribution in [0.5, 0.6) is 0 Å². The molecular weight excluding hydrogens is 260 g/mol. The summed E-state index contributed by atoms with van der Waals surface area (Å²) < 4.78 is 2.01. The van der Waals surface area contributed by atoms with Crippen LogP contribution in [0.1, 0.15) is 55.4 Å². The van der Waals surface area contributed by atoms with Gasteiger partial charge in [-0.05, 0) is 50.9 Å². The summed E-state index contributed by atoms with van der Waals surface area (Å²) in [6, 6.07) is 7.12. The third-order valence-electron chi connectivity index (χ3n) is 4.00. The Kier molecular flexibility index (Phi) is 5.12. The molecule has 0 saturated carbocycles. The summed E-state index contributed by atoms with van der Waals surface area (Å²) >= 11 is 0. The SMILES string of the molecule is CCNC(Cc1ncnn1C(C)C)c1cccc(C)c1C. The zero-order valence-corrected chi connectivity index (χ0v) is 13.7.